The molecular formula is C13H15ClN2O. The molecule has 3 nitrogen and oxygen atoms in total. The molecule has 0 amide bonds. The maximum atomic E-state index is 9.14. The Morgan fingerprint density at radius 2 is 2.24 bits per heavy atom. The minimum atomic E-state index is 0.0912. The molecule has 0 radical (unpaired) electrons. The molecule has 1 N–H and O–H groups in total. The Hall–Kier alpha value is -1.24. The number of hydrogen-bond acceptors (Lipinski definition) is 3. The third kappa shape index (κ3) is 2.54. The van der Waals surface area contributed by atoms with Gasteiger partial charge in [0.15, 0.2) is 0 Å². The Kier molecular flexibility index (Phi) is 3.88. The van der Waals surface area contributed by atoms with E-state index in [1.54, 1.807) is 12.1 Å². The van der Waals surface area contributed by atoms with Crippen molar-refractivity contribution in [1.82, 2.24) is 0 Å². The van der Waals surface area contributed by atoms with E-state index in [-0.39, 0.29) is 6.61 Å². The van der Waals surface area contributed by atoms with Crippen LogP contribution in [0, 0.1) is 11.3 Å². The van der Waals surface area contributed by atoms with Gasteiger partial charge in [-0.05, 0) is 37.5 Å². The number of rotatable bonds is 4. The molecule has 1 aromatic carbocycles. The van der Waals surface area contributed by atoms with Crippen molar-refractivity contribution in [2.45, 2.75) is 25.3 Å². The van der Waals surface area contributed by atoms with Crippen LogP contribution >= 0.6 is 11.6 Å². The molecule has 4 heteroatoms. The predicted molar refractivity (Wildman–Crippen MR) is 68.2 cm³/mol. The molecule has 1 aromatic rings. The fourth-order valence-electron chi connectivity index (χ4n) is 2.14. The van der Waals surface area contributed by atoms with E-state index >= 15 is 0 Å². The highest BCUT2D eigenvalue weighted by molar-refractivity contribution is 6.30. The van der Waals surface area contributed by atoms with Crippen LogP contribution in [0.1, 0.15) is 24.8 Å². The van der Waals surface area contributed by atoms with Crippen LogP contribution < -0.4 is 4.90 Å². The van der Waals surface area contributed by atoms with Crippen LogP contribution in [-0.4, -0.2) is 24.3 Å². The number of aliphatic hydroxyl groups excluding tert-OH is 1. The molecule has 1 aliphatic rings. The second-order valence-electron chi connectivity index (χ2n) is 4.28. The van der Waals surface area contributed by atoms with Crippen molar-refractivity contribution >= 4 is 17.3 Å². The van der Waals surface area contributed by atoms with E-state index in [1.165, 1.54) is 6.42 Å². The first kappa shape index (κ1) is 12.2. The average Bonchev–Trinajstić information content (AvgIpc) is 2.26. The summed E-state index contributed by atoms with van der Waals surface area (Å²) in [5, 5.41) is 18.9. The number of halogens is 1. The Labute approximate surface area is 106 Å². The largest absolute Gasteiger partial charge is 0.395 e. The van der Waals surface area contributed by atoms with Gasteiger partial charge in [-0.25, -0.2) is 0 Å². The zero-order valence-electron chi connectivity index (χ0n) is 9.56. The maximum Gasteiger partial charge on any atom is 0.101 e. The monoisotopic (exact) mass is 250 g/mol. The lowest BCUT2D eigenvalue weighted by Crippen LogP contribution is -2.42. The van der Waals surface area contributed by atoms with Gasteiger partial charge >= 0.3 is 0 Å². The predicted octanol–water partition coefficient (Wildman–Crippen LogP) is 2.56. The summed E-state index contributed by atoms with van der Waals surface area (Å²) in [4.78, 5) is 2.11. The normalized spacial score (nSPS) is 15.1. The summed E-state index contributed by atoms with van der Waals surface area (Å²) >= 11 is 5.99. The number of benzene rings is 1. The minimum Gasteiger partial charge on any atom is -0.395 e. The Morgan fingerprint density at radius 1 is 1.47 bits per heavy atom. The molecule has 1 saturated carbocycles. The summed E-state index contributed by atoms with van der Waals surface area (Å²) < 4.78 is 0. The van der Waals surface area contributed by atoms with Gasteiger partial charge in [0.1, 0.15) is 6.07 Å². The van der Waals surface area contributed by atoms with Gasteiger partial charge in [-0.3, -0.25) is 0 Å². The van der Waals surface area contributed by atoms with Crippen molar-refractivity contribution in [3.05, 3.63) is 28.8 Å². The Bertz CT molecular complexity index is 438. The van der Waals surface area contributed by atoms with Gasteiger partial charge in [0.2, 0.25) is 0 Å². The van der Waals surface area contributed by atoms with Crippen LogP contribution in [0.25, 0.3) is 0 Å². The van der Waals surface area contributed by atoms with Gasteiger partial charge < -0.3 is 10.0 Å². The van der Waals surface area contributed by atoms with E-state index in [1.807, 2.05) is 6.07 Å². The Balaban J connectivity index is 2.33. The first-order chi connectivity index (χ1) is 8.26. The first-order valence-corrected chi connectivity index (χ1v) is 6.21. The molecule has 1 fully saturated rings. The molecule has 17 heavy (non-hydrogen) atoms. The standard InChI is InChI=1S/C13H15ClN2O/c14-11-5-4-10(9-15)13(8-11)16(6-7-17)12-2-1-3-12/h4-5,8,12,17H,1-3,6-7H2. The summed E-state index contributed by atoms with van der Waals surface area (Å²) in [6, 6.07) is 7.89. The topological polar surface area (TPSA) is 47.3 Å². The van der Waals surface area contributed by atoms with Gasteiger partial charge in [0.25, 0.3) is 0 Å². The van der Waals surface area contributed by atoms with Crippen molar-refractivity contribution < 1.29 is 5.11 Å². The van der Waals surface area contributed by atoms with Crippen molar-refractivity contribution in [1.29, 1.82) is 5.26 Å². The molecule has 0 heterocycles. The lowest BCUT2D eigenvalue weighted by molar-refractivity contribution is 0.283. The van der Waals surface area contributed by atoms with Crippen LogP contribution in [-0.2, 0) is 0 Å². The molecular weight excluding hydrogens is 236 g/mol. The van der Waals surface area contributed by atoms with Crippen LogP contribution in [0.5, 0.6) is 0 Å². The quantitative estimate of drug-likeness (QED) is 0.894. The zero-order chi connectivity index (χ0) is 12.3. The number of anilines is 1. The van der Waals surface area contributed by atoms with Gasteiger partial charge in [0.05, 0.1) is 17.9 Å². The number of aliphatic hydroxyl groups is 1. The van der Waals surface area contributed by atoms with Crippen LogP contribution in [0.4, 0.5) is 5.69 Å². The summed E-state index contributed by atoms with van der Waals surface area (Å²) in [5.74, 6) is 0. The molecule has 0 spiro atoms. The summed E-state index contributed by atoms with van der Waals surface area (Å²) in [7, 11) is 0. The van der Waals surface area contributed by atoms with E-state index in [2.05, 4.69) is 11.0 Å². The number of nitriles is 1. The van der Waals surface area contributed by atoms with Crippen molar-refractivity contribution in [3.63, 3.8) is 0 Å². The number of hydrogen-bond donors (Lipinski definition) is 1. The summed E-state index contributed by atoms with van der Waals surface area (Å²) in [6.45, 7) is 0.646. The lowest BCUT2D eigenvalue weighted by atomic mass is 9.90. The fraction of sp³-hybridized carbons (Fsp3) is 0.462. The van der Waals surface area contributed by atoms with E-state index in [0.717, 1.165) is 18.5 Å². The van der Waals surface area contributed by atoms with Crippen LogP contribution in [0.15, 0.2) is 18.2 Å². The smallest absolute Gasteiger partial charge is 0.101 e. The third-order valence-corrected chi connectivity index (χ3v) is 3.48. The van der Waals surface area contributed by atoms with Crippen molar-refractivity contribution in [2.24, 2.45) is 0 Å². The van der Waals surface area contributed by atoms with E-state index < -0.39 is 0 Å². The maximum absolute atomic E-state index is 9.14. The molecule has 0 aromatic heterocycles. The Morgan fingerprint density at radius 3 is 2.76 bits per heavy atom. The highest BCUT2D eigenvalue weighted by Crippen LogP contribution is 2.32. The summed E-state index contributed by atoms with van der Waals surface area (Å²) in [5.41, 5.74) is 1.47. The van der Waals surface area contributed by atoms with Crippen LogP contribution in [0.2, 0.25) is 5.02 Å². The molecule has 90 valence electrons. The third-order valence-electron chi connectivity index (χ3n) is 3.25. The molecule has 2 rings (SSSR count). The molecule has 1 aliphatic carbocycles. The second kappa shape index (κ2) is 5.39. The first-order valence-electron chi connectivity index (χ1n) is 5.83. The highest BCUT2D eigenvalue weighted by atomic mass is 35.5. The minimum absolute atomic E-state index is 0.0912. The van der Waals surface area contributed by atoms with Crippen molar-refractivity contribution in [2.75, 3.05) is 18.1 Å². The van der Waals surface area contributed by atoms with Gasteiger partial charge in [-0.1, -0.05) is 11.6 Å². The second-order valence-corrected chi connectivity index (χ2v) is 4.71. The summed E-state index contributed by atoms with van der Waals surface area (Å²) in [6.07, 6.45) is 3.46. The molecule has 0 unspecified atom stereocenters. The average molecular weight is 251 g/mol. The van der Waals surface area contributed by atoms with Gasteiger partial charge in [-0.2, -0.15) is 5.26 Å². The van der Waals surface area contributed by atoms with E-state index in [9.17, 15) is 0 Å². The molecule has 0 atom stereocenters. The molecule has 0 saturated heterocycles. The van der Waals surface area contributed by atoms with E-state index in [4.69, 9.17) is 22.0 Å². The lowest BCUT2D eigenvalue weighted by Gasteiger charge is -2.39. The van der Waals surface area contributed by atoms with Crippen molar-refractivity contribution in [3.8, 4) is 6.07 Å². The highest BCUT2D eigenvalue weighted by Gasteiger charge is 2.26. The van der Waals surface area contributed by atoms with Gasteiger partial charge in [0, 0.05) is 17.6 Å². The van der Waals surface area contributed by atoms with Gasteiger partial charge in [-0.15, -0.1) is 0 Å². The van der Waals surface area contributed by atoms with Crippen LogP contribution in [0.3, 0.4) is 0 Å². The SMILES string of the molecule is N#Cc1ccc(Cl)cc1N(CCO)C1CCC1. The molecule has 0 aliphatic heterocycles. The number of nitrogens with zero attached hydrogens (tertiary/aromatic N) is 2. The zero-order valence-corrected chi connectivity index (χ0v) is 10.3. The fourth-order valence-corrected chi connectivity index (χ4v) is 2.31. The molecule has 0 bridgehead atoms. The van der Waals surface area contributed by atoms with E-state index in [0.29, 0.717) is 23.2 Å².